The Morgan fingerprint density at radius 3 is 3.11 bits per heavy atom. The third-order valence-electron chi connectivity index (χ3n) is 3.55. The average molecular weight is 273 g/mol. The van der Waals surface area contributed by atoms with Crippen LogP contribution >= 0.6 is 11.3 Å². The zero-order valence-electron chi connectivity index (χ0n) is 11.2. The minimum Gasteiger partial charge on any atom is -0.493 e. The molecule has 0 bridgehead atoms. The standard InChI is InChI=1S/C16H19NOS/c1-2-17-15(11-14-4-3-9-19-14)12-5-6-16-13(10-12)7-8-18-16/h3-6,9-10,15,17H,2,7-8,11H2,1H3. The van der Waals surface area contributed by atoms with Gasteiger partial charge in [0.1, 0.15) is 5.75 Å². The van der Waals surface area contributed by atoms with Crippen molar-refractivity contribution in [2.75, 3.05) is 13.2 Å². The summed E-state index contributed by atoms with van der Waals surface area (Å²) >= 11 is 1.83. The summed E-state index contributed by atoms with van der Waals surface area (Å²) in [6, 6.07) is 11.4. The van der Waals surface area contributed by atoms with Crippen molar-refractivity contribution >= 4 is 11.3 Å². The van der Waals surface area contributed by atoms with Crippen LogP contribution in [-0.4, -0.2) is 13.2 Å². The lowest BCUT2D eigenvalue weighted by Crippen LogP contribution is -2.22. The van der Waals surface area contributed by atoms with Gasteiger partial charge in [-0.05, 0) is 35.2 Å². The van der Waals surface area contributed by atoms with Gasteiger partial charge in [0, 0.05) is 23.8 Å². The van der Waals surface area contributed by atoms with Crippen molar-refractivity contribution in [1.82, 2.24) is 5.32 Å². The van der Waals surface area contributed by atoms with Crippen LogP contribution < -0.4 is 10.1 Å². The summed E-state index contributed by atoms with van der Waals surface area (Å²) in [5, 5.41) is 5.74. The molecule has 0 radical (unpaired) electrons. The smallest absolute Gasteiger partial charge is 0.122 e. The van der Waals surface area contributed by atoms with E-state index >= 15 is 0 Å². The van der Waals surface area contributed by atoms with Crippen molar-refractivity contribution in [1.29, 1.82) is 0 Å². The molecule has 100 valence electrons. The first-order valence-corrected chi connectivity index (χ1v) is 7.76. The molecule has 1 aliphatic rings. The third kappa shape index (κ3) is 2.82. The van der Waals surface area contributed by atoms with E-state index < -0.39 is 0 Å². The third-order valence-corrected chi connectivity index (χ3v) is 4.45. The fourth-order valence-electron chi connectivity index (χ4n) is 2.61. The molecular formula is C16H19NOS. The molecule has 0 spiro atoms. The highest BCUT2D eigenvalue weighted by Crippen LogP contribution is 2.29. The number of thiophene rings is 1. The molecular weight excluding hydrogens is 254 g/mol. The summed E-state index contributed by atoms with van der Waals surface area (Å²) in [6.45, 7) is 3.98. The van der Waals surface area contributed by atoms with Crippen molar-refractivity contribution in [2.24, 2.45) is 0 Å². The molecule has 3 rings (SSSR count). The largest absolute Gasteiger partial charge is 0.493 e. The molecule has 1 aromatic heterocycles. The van der Waals surface area contributed by atoms with E-state index in [2.05, 4.69) is 48.0 Å². The Kier molecular flexibility index (Phi) is 3.85. The number of fused-ring (bicyclic) bond motifs is 1. The maximum absolute atomic E-state index is 5.58. The van der Waals surface area contributed by atoms with Crippen molar-refractivity contribution in [2.45, 2.75) is 25.8 Å². The summed E-state index contributed by atoms with van der Waals surface area (Å²) in [7, 11) is 0. The molecule has 19 heavy (non-hydrogen) atoms. The van der Waals surface area contributed by atoms with Crippen molar-refractivity contribution < 1.29 is 4.74 Å². The molecule has 1 unspecified atom stereocenters. The molecule has 0 saturated carbocycles. The monoisotopic (exact) mass is 273 g/mol. The molecule has 3 heteroatoms. The van der Waals surface area contributed by atoms with Crippen LogP contribution in [0.2, 0.25) is 0 Å². The first-order valence-electron chi connectivity index (χ1n) is 6.88. The van der Waals surface area contributed by atoms with Crippen LogP contribution in [0.4, 0.5) is 0 Å². The lowest BCUT2D eigenvalue weighted by molar-refractivity contribution is 0.356. The van der Waals surface area contributed by atoms with Crippen LogP contribution in [0.3, 0.4) is 0 Å². The second-order valence-electron chi connectivity index (χ2n) is 4.86. The number of ether oxygens (including phenoxy) is 1. The van der Waals surface area contributed by atoms with E-state index in [1.54, 1.807) is 0 Å². The molecule has 0 aliphatic carbocycles. The van der Waals surface area contributed by atoms with Gasteiger partial charge in [-0.25, -0.2) is 0 Å². The van der Waals surface area contributed by atoms with E-state index in [1.807, 2.05) is 11.3 Å². The second kappa shape index (κ2) is 5.76. The maximum atomic E-state index is 5.58. The van der Waals surface area contributed by atoms with Crippen molar-refractivity contribution in [3.63, 3.8) is 0 Å². The fourth-order valence-corrected chi connectivity index (χ4v) is 3.36. The number of nitrogens with one attached hydrogen (secondary N) is 1. The Morgan fingerprint density at radius 2 is 2.32 bits per heavy atom. The second-order valence-corrected chi connectivity index (χ2v) is 5.89. The number of benzene rings is 1. The van der Waals surface area contributed by atoms with Gasteiger partial charge >= 0.3 is 0 Å². The van der Waals surface area contributed by atoms with Gasteiger partial charge in [-0.2, -0.15) is 0 Å². The molecule has 1 aliphatic heterocycles. The van der Waals surface area contributed by atoms with Gasteiger partial charge in [-0.1, -0.05) is 25.1 Å². The van der Waals surface area contributed by atoms with Crippen LogP contribution in [0.1, 0.15) is 29.0 Å². The SMILES string of the molecule is CCNC(Cc1cccs1)c1ccc2c(c1)CCO2. The number of hydrogen-bond donors (Lipinski definition) is 1. The quantitative estimate of drug-likeness (QED) is 0.899. The van der Waals surface area contributed by atoms with E-state index in [9.17, 15) is 0 Å². The van der Waals surface area contributed by atoms with Crippen LogP contribution in [0.5, 0.6) is 5.75 Å². The normalized spacial score (nSPS) is 15.0. The van der Waals surface area contributed by atoms with E-state index in [0.717, 1.165) is 31.7 Å². The van der Waals surface area contributed by atoms with E-state index in [-0.39, 0.29) is 0 Å². The van der Waals surface area contributed by atoms with Gasteiger partial charge in [-0.3, -0.25) is 0 Å². The van der Waals surface area contributed by atoms with E-state index in [4.69, 9.17) is 4.74 Å². The number of hydrogen-bond acceptors (Lipinski definition) is 3. The maximum Gasteiger partial charge on any atom is 0.122 e. The Bertz CT molecular complexity index is 536. The van der Waals surface area contributed by atoms with E-state index in [1.165, 1.54) is 16.0 Å². The Balaban J connectivity index is 1.83. The van der Waals surface area contributed by atoms with Gasteiger partial charge in [0.25, 0.3) is 0 Å². The van der Waals surface area contributed by atoms with Gasteiger partial charge in [0.15, 0.2) is 0 Å². The molecule has 0 saturated heterocycles. The van der Waals surface area contributed by atoms with Crippen LogP contribution in [0, 0.1) is 0 Å². The Morgan fingerprint density at radius 1 is 1.37 bits per heavy atom. The molecule has 2 aromatic rings. The summed E-state index contributed by atoms with van der Waals surface area (Å²) in [4.78, 5) is 1.43. The van der Waals surface area contributed by atoms with Gasteiger partial charge in [-0.15, -0.1) is 11.3 Å². The zero-order valence-corrected chi connectivity index (χ0v) is 12.0. The average Bonchev–Trinajstić information content (AvgIpc) is 3.08. The summed E-state index contributed by atoms with van der Waals surface area (Å²) in [5.74, 6) is 1.06. The minimum absolute atomic E-state index is 0.398. The molecule has 1 aromatic carbocycles. The summed E-state index contributed by atoms with van der Waals surface area (Å²) in [5.41, 5.74) is 2.73. The minimum atomic E-state index is 0.398. The Labute approximate surface area is 118 Å². The van der Waals surface area contributed by atoms with Crippen LogP contribution in [0.15, 0.2) is 35.7 Å². The highest BCUT2D eigenvalue weighted by Gasteiger charge is 2.17. The van der Waals surface area contributed by atoms with Gasteiger partial charge in [0.05, 0.1) is 6.61 Å². The number of rotatable bonds is 5. The van der Waals surface area contributed by atoms with Crippen molar-refractivity contribution in [3.8, 4) is 5.75 Å². The zero-order chi connectivity index (χ0) is 13.1. The summed E-state index contributed by atoms with van der Waals surface area (Å²) in [6.07, 6.45) is 2.10. The molecule has 0 amide bonds. The lowest BCUT2D eigenvalue weighted by Gasteiger charge is -2.18. The topological polar surface area (TPSA) is 21.3 Å². The Hall–Kier alpha value is -1.32. The van der Waals surface area contributed by atoms with Crippen LogP contribution in [0.25, 0.3) is 0 Å². The molecule has 1 atom stereocenters. The fraction of sp³-hybridized carbons (Fsp3) is 0.375. The van der Waals surface area contributed by atoms with Crippen LogP contribution in [-0.2, 0) is 12.8 Å². The van der Waals surface area contributed by atoms with E-state index in [0.29, 0.717) is 6.04 Å². The molecule has 0 fully saturated rings. The first-order chi connectivity index (χ1) is 9.36. The lowest BCUT2D eigenvalue weighted by atomic mass is 9.99. The van der Waals surface area contributed by atoms with Gasteiger partial charge < -0.3 is 10.1 Å². The molecule has 2 nitrogen and oxygen atoms in total. The predicted octanol–water partition coefficient (Wildman–Crippen LogP) is 3.58. The summed E-state index contributed by atoms with van der Waals surface area (Å²) < 4.78 is 5.58. The predicted molar refractivity (Wildman–Crippen MR) is 80.1 cm³/mol. The van der Waals surface area contributed by atoms with Crippen molar-refractivity contribution in [3.05, 3.63) is 51.7 Å². The van der Waals surface area contributed by atoms with Gasteiger partial charge in [0.2, 0.25) is 0 Å². The molecule has 2 heterocycles. The highest BCUT2D eigenvalue weighted by atomic mass is 32.1. The first kappa shape index (κ1) is 12.7. The number of likely N-dealkylation sites (N-methyl/N-ethyl adjacent to an activating group) is 1. The molecule has 1 N–H and O–H groups in total. The highest BCUT2D eigenvalue weighted by molar-refractivity contribution is 7.09.